The zero-order chi connectivity index (χ0) is 19.6. The normalized spacial score (nSPS) is 10.1. The van der Waals surface area contributed by atoms with Gasteiger partial charge in [0.15, 0.2) is 5.78 Å². The number of carbonyl (C=O) groups excluding carboxylic acids is 3. The van der Waals surface area contributed by atoms with E-state index in [-0.39, 0.29) is 18.6 Å². The van der Waals surface area contributed by atoms with Crippen LogP contribution in [0.25, 0.3) is 0 Å². The Kier molecular flexibility index (Phi) is 7.55. The second-order valence-electron chi connectivity index (χ2n) is 6.16. The molecule has 0 aliphatic heterocycles. The van der Waals surface area contributed by atoms with Gasteiger partial charge >= 0.3 is 0 Å². The summed E-state index contributed by atoms with van der Waals surface area (Å²) in [6, 6.07) is 13.8. The predicted molar refractivity (Wildman–Crippen MR) is 103 cm³/mol. The number of carbonyl (C=O) groups is 3. The van der Waals surface area contributed by atoms with Gasteiger partial charge in [0.1, 0.15) is 5.75 Å². The first-order valence-electron chi connectivity index (χ1n) is 8.91. The number of rotatable bonds is 8. The van der Waals surface area contributed by atoms with Gasteiger partial charge in [-0.3, -0.25) is 25.2 Å². The number of hydrogen-bond donors (Lipinski definition) is 2. The molecule has 2 aromatic carbocycles. The van der Waals surface area contributed by atoms with E-state index < -0.39 is 11.8 Å². The van der Waals surface area contributed by atoms with Gasteiger partial charge < -0.3 is 4.74 Å². The van der Waals surface area contributed by atoms with E-state index in [1.165, 1.54) is 0 Å². The largest absolute Gasteiger partial charge is 0.494 e. The Morgan fingerprint density at radius 2 is 1.48 bits per heavy atom. The molecule has 0 atom stereocenters. The molecule has 6 nitrogen and oxygen atoms in total. The highest BCUT2D eigenvalue weighted by molar-refractivity contribution is 5.99. The van der Waals surface area contributed by atoms with Crippen molar-refractivity contribution in [2.45, 2.75) is 33.1 Å². The van der Waals surface area contributed by atoms with Gasteiger partial charge in [-0.05, 0) is 49.7 Å². The SMILES string of the molecule is CCCOc1ccc(C(=O)CCC(=O)NNC(=O)c2ccc(C)cc2)cc1. The van der Waals surface area contributed by atoms with Crippen molar-refractivity contribution in [1.82, 2.24) is 10.9 Å². The highest BCUT2D eigenvalue weighted by atomic mass is 16.5. The third-order valence-electron chi connectivity index (χ3n) is 3.86. The van der Waals surface area contributed by atoms with E-state index in [0.29, 0.717) is 23.5 Å². The number of Topliss-reactive ketones (excluding diaryl/α,β-unsaturated/α-hetero) is 1. The van der Waals surface area contributed by atoms with Gasteiger partial charge in [0.05, 0.1) is 6.61 Å². The number of benzene rings is 2. The van der Waals surface area contributed by atoms with Crippen molar-refractivity contribution >= 4 is 17.6 Å². The Balaban J connectivity index is 1.75. The van der Waals surface area contributed by atoms with Crippen molar-refractivity contribution in [2.24, 2.45) is 0 Å². The van der Waals surface area contributed by atoms with Gasteiger partial charge in [0, 0.05) is 24.0 Å². The first-order chi connectivity index (χ1) is 13.0. The quantitative estimate of drug-likeness (QED) is 0.553. The van der Waals surface area contributed by atoms with E-state index in [1.807, 2.05) is 26.0 Å². The molecule has 2 rings (SSSR count). The molecular weight excluding hydrogens is 344 g/mol. The van der Waals surface area contributed by atoms with Crippen LogP contribution in [0.15, 0.2) is 48.5 Å². The number of nitrogens with one attached hydrogen (secondary N) is 2. The van der Waals surface area contributed by atoms with Crippen LogP contribution in [0, 0.1) is 6.92 Å². The maximum absolute atomic E-state index is 12.2. The highest BCUT2D eigenvalue weighted by Crippen LogP contribution is 2.14. The third kappa shape index (κ3) is 6.58. The number of amides is 2. The van der Waals surface area contributed by atoms with Crippen molar-refractivity contribution in [1.29, 1.82) is 0 Å². The van der Waals surface area contributed by atoms with Crippen LogP contribution < -0.4 is 15.6 Å². The number of aryl methyl sites for hydroxylation is 1. The molecule has 0 aromatic heterocycles. The molecule has 0 saturated heterocycles. The van der Waals surface area contributed by atoms with Crippen molar-refractivity contribution in [3.63, 3.8) is 0 Å². The summed E-state index contributed by atoms with van der Waals surface area (Å²) < 4.78 is 5.47. The van der Waals surface area contributed by atoms with E-state index in [1.54, 1.807) is 36.4 Å². The van der Waals surface area contributed by atoms with Gasteiger partial charge in [0.2, 0.25) is 5.91 Å². The number of ketones is 1. The molecular formula is C21H24N2O4. The second-order valence-corrected chi connectivity index (χ2v) is 6.16. The lowest BCUT2D eigenvalue weighted by Gasteiger charge is -2.08. The molecule has 2 amide bonds. The predicted octanol–water partition coefficient (Wildman–Crippen LogP) is 3.21. The Morgan fingerprint density at radius 1 is 0.852 bits per heavy atom. The van der Waals surface area contributed by atoms with Crippen molar-refractivity contribution in [3.05, 3.63) is 65.2 Å². The molecule has 0 unspecified atom stereocenters. The topological polar surface area (TPSA) is 84.5 Å². The van der Waals surface area contributed by atoms with Crippen LogP contribution in [0.4, 0.5) is 0 Å². The number of ether oxygens (including phenoxy) is 1. The summed E-state index contributed by atoms with van der Waals surface area (Å²) in [6.45, 7) is 4.57. The molecule has 6 heteroatoms. The zero-order valence-corrected chi connectivity index (χ0v) is 15.6. The molecule has 0 bridgehead atoms. The summed E-state index contributed by atoms with van der Waals surface area (Å²) in [4.78, 5) is 35.9. The second kappa shape index (κ2) is 10.1. The van der Waals surface area contributed by atoms with Crippen LogP contribution in [-0.4, -0.2) is 24.2 Å². The van der Waals surface area contributed by atoms with E-state index >= 15 is 0 Å². The van der Waals surface area contributed by atoms with E-state index in [9.17, 15) is 14.4 Å². The van der Waals surface area contributed by atoms with Gasteiger partial charge in [0.25, 0.3) is 5.91 Å². The average molecular weight is 368 g/mol. The maximum atomic E-state index is 12.2. The van der Waals surface area contributed by atoms with Crippen LogP contribution in [0.3, 0.4) is 0 Å². The minimum Gasteiger partial charge on any atom is -0.494 e. The molecule has 142 valence electrons. The fourth-order valence-corrected chi connectivity index (χ4v) is 2.29. The lowest BCUT2D eigenvalue weighted by molar-refractivity contribution is -0.121. The Bertz CT molecular complexity index is 783. The van der Waals surface area contributed by atoms with Crippen molar-refractivity contribution < 1.29 is 19.1 Å². The standard InChI is InChI=1S/C21H24N2O4/c1-3-14-27-18-10-8-16(9-11-18)19(24)12-13-20(25)22-23-21(26)17-6-4-15(2)5-7-17/h4-11H,3,12-14H2,1-2H3,(H,22,25)(H,23,26). The van der Waals surface area contributed by atoms with Crippen LogP contribution >= 0.6 is 0 Å². The van der Waals surface area contributed by atoms with Crippen molar-refractivity contribution in [2.75, 3.05) is 6.61 Å². The molecule has 27 heavy (non-hydrogen) atoms. The molecule has 0 heterocycles. The van der Waals surface area contributed by atoms with Gasteiger partial charge in [-0.2, -0.15) is 0 Å². The van der Waals surface area contributed by atoms with E-state index in [4.69, 9.17) is 4.74 Å². The highest BCUT2D eigenvalue weighted by Gasteiger charge is 2.11. The first-order valence-corrected chi connectivity index (χ1v) is 8.91. The van der Waals surface area contributed by atoms with E-state index in [0.717, 1.165) is 12.0 Å². The minimum absolute atomic E-state index is 0.0128. The lowest BCUT2D eigenvalue weighted by atomic mass is 10.1. The summed E-state index contributed by atoms with van der Waals surface area (Å²) in [5, 5.41) is 0. The van der Waals surface area contributed by atoms with Crippen LogP contribution in [0.5, 0.6) is 5.75 Å². The molecule has 0 spiro atoms. The van der Waals surface area contributed by atoms with E-state index in [2.05, 4.69) is 10.9 Å². The molecule has 0 radical (unpaired) electrons. The average Bonchev–Trinajstić information content (AvgIpc) is 2.69. The maximum Gasteiger partial charge on any atom is 0.269 e. The monoisotopic (exact) mass is 368 g/mol. The zero-order valence-electron chi connectivity index (χ0n) is 15.6. The summed E-state index contributed by atoms with van der Waals surface area (Å²) in [7, 11) is 0. The summed E-state index contributed by atoms with van der Waals surface area (Å²) >= 11 is 0. The fraction of sp³-hybridized carbons (Fsp3) is 0.286. The third-order valence-corrected chi connectivity index (χ3v) is 3.86. The summed E-state index contributed by atoms with van der Waals surface area (Å²) in [5.74, 6) is -0.258. The first kappa shape index (κ1) is 20.2. The molecule has 0 fully saturated rings. The molecule has 0 aliphatic carbocycles. The minimum atomic E-state index is -0.424. The molecule has 0 saturated carbocycles. The Morgan fingerprint density at radius 3 is 2.11 bits per heavy atom. The van der Waals surface area contributed by atoms with Crippen LogP contribution in [0.2, 0.25) is 0 Å². The van der Waals surface area contributed by atoms with Gasteiger partial charge in [-0.25, -0.2) is 0 Å². The molecule has 2 aromatic rings. The molecule has 2 N–H and O–H groups in total. The van der Waals surface area contributed by atoms with Crippen molar-refractivity contribution in [3.8, 4) is 5.75 Å². The van der Waals surface area contributed by atoms with Gasteiger partial charge in [-0.1, -0.05) is 24.6 Å². The van der Waals surface area contributed by atoms with Gasteiger partial charge in [-0.15, -0.1) is 0 Å². The Hall–Kier alpha value is -3.15. The summed E-state index contributed by atoms with van der Waals surface area (Å²) in [6.07, 6.45) is 0.957. The number of hydrazine groups is 1. The Labute approximate surface area is 158 Å². The van der Waals surface area contributed by atoms with Crippen LogP contribution in [0.1, 0.15) is 52.5 Å². The molecule has 0 aliphatic rings. The lowest BCUT2D eigenvalue weighted by Crippen LogP contribution is -2.41. The fourth-order valence-electron chi connectivity index (χ4n) is 2.29. The smallest absolute Gasteiger partial charge is 0.269 e. The summed E-state index contributed by atoms with van der Waals surface area (Å²) in [5.41, 5.74) is 6.68. The van der Waals surface area contributed by atoms with Crippen LogP contribution in [-0.2, 0) is 4.79 Å². The number of hydrogen-bond acceptors (Lipinski definition) is 4.